The molecule has 0 radical (unpaired) electrons. The molecule has 0 heterocycles. The summed E-state index contributed by atoms with van der Waals surface area (Å²) in [6, 6.07) is 27.5. The third-order valence-corrected chi connectivity index (χ3v) is 6.05. The second-order valence-corrected chi connectivity index (χ2v) is 8.70. The fraction of sp³-hybridized carbons (Fsp3) is 0.257. The van der Waals surface area contributed by atoms with Crippen LogP contribution in [-0.4, -0.2) is 35.5 Å². The van der Waals surface area contributed by atoms with Gasteiger partial charge in [-0.3, -0.25) is 0 Å². The lowest BCUT2D eigenvalue weighted by atomic mass is 10.1. The second-order valence-electron chi connectivity index (χ2n) is 8.70. The summed E-state index contributed by atoms with van der Waals surface area (Å²) in [6.45, 7) is 6.17. The standard InChI is InChI=1S/C17H16O2.C9H12O2.C9H12O/c1-13-12-17(19-3)11-8-15(13)7-4-14-5-9-16(18-2)10-6-14;1-7-4-5-8(10-2)6-9(7)11-3;1-3-8-4-6-9(10-2)7-5-8/h5-6,8-12H,1-3H3;4-6H,1-3H3;4-7H,3H2,1-2H3. The van der Waals surface area contributed by atoms with Crippen LogP contribution in [0, 0.1) is 25.7 Å². The molecule has 5 nitrogen and oxygen atoms in total. The van der Waals surface area contributed by atoms with Crippen LogP contribution >= 0.6 is 0 Å². The zero-order chi connectivity index (χ0) is 29.3. The highest BCUT2D eigenvalue weighted by Crippen LogP contribution is 2.23. The first kappa shape index (κ1) is 31.7. The molecule has 0 bridgehead atoms. The monoisotopic (exact) mass is 540 g/mol. The predicted molar refractivity (Wildman–Crippen MR) is 163 cm³/mol. The summed E-state index contributed by atoms with van der Waals surface area (Å²) in [5.41, 5.74) is 5.56. The molecule has 40 heavy (non-hydrogen) atoms. The molecular formula is C35H40O5. The van der Waals surface area contributed by atoms with Gasteiger partial charge in [-0.2, -0.15) is 0 Å². The minimum absolute atomic E-state index is 0.826. The van der Waals surface area contributed by atoms with E-state index in [4.69, 9.17) is 23.7 Å². The van der Waals surface area contributed by atoms with Crippen LogP contribution in [0.4, 0.5) is 0 Å². The van der Waals surface area contributed by atoms with Crippen molar-refractivity contribution < 1.29 is 23.7 Å². The summed E-state index contributed by atoms with van der Waals surface area (Å²) in [6.07, 6.45) is 1.09. The number of rotatable bonds is 6. The molecule has 0 aromatic heterocycles. The minimum atomic E-state index is 0.826. The summed E-state index contributed by atoms with van der Waals surface area (Å²) in [4.78, 5) is 0. The smallest absolute Gasteiger partial charge is 0.125 e. The summed E-state index contributed by atoms with van der Waals surface area (Å²) in [7, 11) is 8.30. The molecule has 0 aliphatic rings. The minimum Gasteiger partial charge on any atom is -0.497 e. The lowest BCUT2D eigenvalue weighted by Crippen LogP contribution is -1.88. The Bertz CT molecular complexity index is 1340. The van der Waals surface area contributed by atoms with Crippen LogP contribution in [0.5, 0.6) is 28.7 Å². The predicted octanol–water partition coefficient (Wildman–Crippen LogP) is 7.68. The van der Waals surface area contributed by atoms with Crippen LogP contribution in [0.15, 0.2) is 84.9 Å². The molecule has 0 unspecified atom stereocenters. The third kappa shape index (κ3) is 10.3. The average molecular weight is 541 g/mol. The highest BCUT2D eigenvalue weighted by molar-refractivity contribution is 5.49. The summed E-state index contributed by atoms with van der Waals surface area (Å²) in [5.74, 6) is 10.6. The first-order chi connectivity index (χ1) is 19.4. The molecule has 0 saturated heterocycles. The molecule has 0 aliphatic carbocycles. The number of ether oxygens (including phenoxy) is 5. The van der Waals surface area contributed by atoms with Crippen LogP contribution < -0.4 is 23.7 Å². The molecule has 210 valence electrons. The average Bonchev–Trinajstić information content (AvgIpc) is 3.01. The molecule has 0 N–H and O–H groups in total. The van der Waals surface area contributed by atoms with E-state index < -0.39 is 0 Å². The Kier molecular flexibility index (Phi) is 13.5. The maximum atomic E-state index is 5.18. The Morgan fingerprint density at radius 2 is 1.00 bits per heavy atom. The number of methoxy groups -OCH3 is 5. The molecule has 5 heteroatoms. The zero-order valence-electron chi connectivity index (χ0n) is 24.8. The van der Waals surface area contributed by atoms with Crippen molar-refractivity contribution in [2.24, 2.45) is 0 Å². The Balaban J connectivity index is 0.000000228. The van der Waals surface area contributed by atoms with E-state index in [1.54, 1.807) is 35.5 Å². The van der Waals surface area contributed by atoms with Gasteiger partial charge in [0.2, 0.25) is 0 Å². The van der Waals surface area contributed by atoms with Gasteiger partial charge in [-0.1, -0.05) is 37.0 Å². The van der Waals surface area contributed by atoms with E-state index in [0.29, 0.717) is 0 Å². The summed E-state index contributed by atoms with van der Waals surface area (Å²) >= 11 is 0. The van der Waals surface area contributed by atoms with Gasteiger partial charge < -0.3 is 23.7 Å². The van der Waals surface area contributed by atoms with E-state index in [0.717, 1.165) is 57.4 Å². The molecule has 0 aliphatic heterocycles. The Morgan fingerprint density at radius 3 is 1.50 bits per heavy atom. The molecule has 4 rings (SSSR count). The lowest BCUT2D eigenvalue weighted by molar-refractivity contribution is 0.392. The van der Waals surface area contributed by atoms with E-state index in [-0.39, 0.29) is 0 Å². The fourth-order valence-corrected chi connectivity index (χ4v) is 3.51. The van der Waals surface area contributed by atoms with Gasteiger partial charge in [-0.15, -0.1) is 0 Å². The van der Waals surface area contributed by atoms with Gasteiger partial charge in [0, 0.05) is 17.2 Å². The number of hydrogen-bond donors (Lipinski definition) is 0. The van der Waals surface area contributed by atoms with Crippen molar-refractivity contribution in [1.82, 2.24) is 0 Å². The largest absolute Gasteiger partial charge is 0.497 e. The molecule has 4 aromatic rings. The van der Waals surface area contributed by atoms with E-state index in [1.165, 1.54) is 5.56 Å². The van der Waals surface area contributed by atoms with Gasteiger partial charge in [0.05, 0.1) is 35.5 Å². The molecule has 4 aromatic carbocycles. The van der Waals surface area contributed by atoms with Crippen molar-refractivity contribution in [3.63, 3.8) is 0 Å². The van der Waals surface area contributed by atoms with Gasteiger partial charge >= 0.3 is 0 Å². The third-order valence-electron chi connectivity index (χ3n) is 6.05. The molecular weight excluding hydrogens is 500 g/mol. The lowest BCUT2D eigenvalue weighted by Gasteiger charge is -2.05. The topological polar surface area (TPSA) is 46.2 Å². The quantitative estimate of drug-likeness (QED) is 0.235. The first-order valence-electron chi connectivity index (χ1n) is 13.0. The fourth-order valence-electron chi connectivity index (χ4n) is 3.51. The van der Waals surface area contributed by atoms with Crippen LogP contribution in [-0.2, 0) is 6.42 Å². The van der Waals surface area contributed by atoms with E-state index in [2.05, 4.69) is 30.9 Å². The van der Waals surface area contributed by atoms with Gasteiger partial charge in [-0.05, 0) is 97.6 Å². The van der Waals surface area contributed by atoms with E-state index >= 15 is 0 Å². The van der Waals surface area contributed by atoms with Crippen molar-refractivity contribution >= 4 is 0 Å². The van der Waals surface area contributed by atoms with Gasteiger partial charge in [0.25, 0.3) is 0 Å². The van der Waals surface area contributed by atoms with E-state index in [9.17, 15) is 0 Å². The second kappa shape index (κ2) is 17.1. The maximum absolute atomic E-state index is 5.18. The Labute approximate surface area is 239 Å². The van der Waals surface area contributed by atoms with Crippen LogP contribution in [0.2, 0.25) is 0 Å². The normalized spacial score (nSPS) is 9.40. The van der Waals surface area contributed by atoms with Gasteiger partial charge in [0.1, 0.15) is 28.7 Å². The van der Waals surface area contributed by atoms with Crippen molar-refractivity contribution in [1.29, 1.82) is 0 Å². The summed E-state index contributed by atoms with van der Waals surface area (Å²) in [5, 5.41) is 0. The van der Waals surface area contributed by atoms with Crippen LogP contribution in [0.25, 0.3) is 0 Å². The molecule has 0 atom stereocenters. The van der Waals surface area contributed by atoms with E-state index in [1.807, 2.05) is 86.6 Å². The number of aryl methyl sites for hydroxylation is 3. The van der Waals surface area contributed by atoms with Crippen molar-refractivity contribution in [2.45, 2.75) is 27.2 Å². The molecule has 0 saturated carbocycles. The number of hydrogen-bond acceptors (Lipinski definition) is 5. The van der Waals surface area contributed by atoms with Crippen molar-refractivity contribution in [3.8, 4) is 40.6 Å². The maximum Gasteiger partial charge on any atom is 0.125 e. The highest BCUT2D eigenvalue weighted by Gasteiger charge is 1.99. The Hall–Kier alpha value is -4.56. The van der Waals surface area contributed by atoms with Gasteiger partial charge in [-0.25, -0.2) is 0 Å². The van der Waals surface area contributed by atoms with Crippen molar-refractivity contribution in [2.75, 3.05) is 35.5 Å². The highest BCUT2D eigenvalue weighted by atomic mass is 16.5. The number of benzene rings is 4. The Morgan fingerprint density at radius 1 is 0.500 bits per heavy atom. The SMILES string of the molecule is CCc1ccc(OC)cc1.COc1ccc(C#Cc2ccc(OC)cc2C)cc1.COc1ccc(C)c(OC)c1. The van der Waals surface area contributed by atoms with Crippen molar-refractivity contribution in [3.05, 3.63) is 113 Å². The molecule has 0 spiro atoms. The van der Waals surface area contributed by atoms with Crippen LogP contribution in [0.1, 0.15) is 34.7 Å². The summed E-state index contributed by atoms with van der Waals surface area (Å²) < 4.78 is 25.4. The molecule has 0 fully saturated rings. The van der Waals surface area contributed by atoms with Crippen LogP contribution in [0.3, 0.4) is 0 Å². The van der Waals surface area contributed by atoms with Gasteiger partial charge in [0.15, 0.2) is 0 Å². The molecule has 0 amide bonds. The zero-order valence-corrected chi connectivity index (χ0v) is 24.8. The first-order valence-corrected chi connectivity index (χ1v) is 13.0.